The van der Waals surface area contributed by atoms with Crippen LogP contribution in [0.4, 0.5) is 0 Å². The van der Waals surface area contributed by atoms with Crippen LogP contribution in [0.3, 0.4) is 0 Å². The van der Waals surface area contributed by atoms with Crippen LogP contribution in [0, 0.1) is 69.5 Å². The first-order valence-corrected chi connectivity index (χ1v) is 17.6. The lowest BCUT2D eigenvalue weighted by Crippen LogP contribution is -2.58. The summed E-state index contributed by atoms with van der Waals surface area (Å²) in [6.07, 6.45) is 14.4. The minimum atomic E-state index is -1.20. The summed E-state index contributed by atoms with van der Waals surface area (Å²) in [5.41, 5.74) is -0.682. The van der Waals surface area contributed by atoms with Crippen LogP contribution in [-0.2, 0) is 28.6 Å². The summed E-state index contributed by atoms with van der Waals surface area (Å²) in [7, 11) is 0. The minimum absolute atomic E-state index is 0.0675. The minimum Gasteiger partial charge on any atom is -0.481 e. The highest BCUT2D eigenvalue weighted by molar-refractivity contribution is 5.90. The van der Waals surface area contributed by atoms with Crippen LogP contribution >= 0.6 is 0 Å². The van der Waals surface area contributed by atoms with Gasteiger partial charge >= 0.3 is 17.9 Å². The van der Waals surface area contributed by atoms with E-state index >= 15 is 0 Å². The molecule has 0 amide bonds. The molecule has 3 unspecified atom stereocenters. The second-order valence-corrected chi connectivity index (χ2v) is 17.6. The monoisotopic (exact) mass is 642 g/mol. The maximum atomic E-state index is 12.4. The first-order chi connectivity index (χ1) is 21.3. The van der Waals surface area contributed by atoms with Crippen LogP contribution in [0.15, 0.2) is 0 Å². The second kappa shape index (κ2) is 11.2. The summed E-state index contributed by atoms with van der Waals surface area (Å²) >= 11 is 0. The quantitative estimate of drug-likeness (QED) is 0.194. The van der Waals surface area contributed by atoms with Crippen LogP contribution in [0.2, 0.25) is 0 Å². The predicted octanol–water partition coefficient (Wildman–Crippen LogP) is 6.41. The second-order valence-electron chi connectivity index (χ2n) is 17.6. The lowest BCUT2D eigenvalue weighted by atomic mass is 9.41. The van der Waals surface area contributed by atoms with Crippen molar-refractivity contribution in [2.75, 3.05) is 0 Å². The van der Waals surface area contributed by atoms with E-state index in [0.717, 1.165) is 38.5 Å². The van der Waals surface area contributed by atoms with Crippen molar-refractivity contribution in [3.63, 3.8) is 0 Å². The summed E-state index contributed by atoms with van der Waals surface area (Å²) in [6, 6.07) is 0. The standard InChI is InChI=1S/C36H56O8.C2H2/c1-19-16-22(30(32(6,7)41)42-21(3)37)43-23-18-34(9)25-11-10-24-31(4,5)26(44-28(40)17-27(38)39)12-13-35(24)20(2)36(25,35)15-14-33(34,8)29(19)23;1-2/h19-20,22-26,29-30,41H,10-18H2,1-9H3,(H,38,39);1-2H/t19-,20-,22-,23-,24?,25+,26+,29?,30+,33-,34+,35?,36+;/m1./s1. The van der Waals surface area contributed by atoms with Crippen molar-refractivity contribution < 1.29 is 38.8 Å². The number of hydrogen-bond acceptors (Lipinski definition) is 7. The van der Waals surface area contributed by atoms with Crippen LogP contribution in [0.1, 0.15) is 120 Å². The molecule has 46 heavy (non-hydrogen) atoms. The summed E-state index contributed by atoms with van der Waals surface area (Å²) in [5.74, 6) is 0.266. The van der Waals surface area contributed by atoms with Gasteiger partial charge in [-0.05, 0) is 116 Å². The Bertz CT molecular complexity index is 1260. The average molecular weight is 643 g/mol. The number of carbonyl (C=O) groups is 3. The molecule has 0 aromatic heterocycles. The van der Waals surface area contributed by atoms with Crippen molar-refractivity contribution in [3.8, 4) is 12.8 Å². The van der Waals surface area contributed by atoms with Crippen molar-refractivity contribution >= 4 is 17.9 Å². The molecule has 6 fully saturated rings. The number of carboxylic acid groups (broad SMARTS) is 1. The number of esters is 2. The molecule has 5 saturated carbocycles. The molecule has 13 atom stereocenters. The maximum Gasteiger partial charge on any atom is 0.317 e. The van der Waals surface area contributed by atoms with Crippen LogP contribution in [-0.4, -0.2) is 58.1 Å². The van der Waals surface area contributed by atoms with Gasteiger partial charge in [0.25, 0.3) is 0 Å². The molecule has 258 valence electrons. The van der Waals surface area contributed by atoms with E-state index in [-0.39, 0.29) is 45.4 Å². The van der Waals surface area contributed by atoms with Gasteiger partial charge in [0.1, 0.15) is 12.5 Å². The SMILES string of the molecule is C#C.CC(=O)O[C@@H]([C@H]1C[C@@H](C)C2[C@@H](C[C@@]3(C)[C@@H]4CCC5C(C)(C)[C@@H](OC(=O)CC(=O)O)CCC56[C@@H](C)[C@@]46CC[C@]23C)O1)C(C)(C)O. The van der Waals surface area contributed by atoms with Crippen LogP contribution < -0.4 is 0 Å². The lowest BCUT2D eigenvalue weighted by Gasteiger charge is -2.63. The van der Waals surface area contributed by atoms with E-state index in [4.69, 9.17) is 19.3 Å². The fourth-order valence-electron chi connectivity index (χ4n) is 13.6. The summed E-state index contributed by atoms with van der Waals surface area (Å²) < 4.78 is 18.5. The number of aliphatic carboxylic acids is 1. The van der Waals surface area contributed by atoms with E-state index in [1.165, 1.54) is 19.8 Å². The third-order valence-electron chi connectivity index (χ3n) is 15.2. The largest absolute Gasteiger partial charge is 0.481 e. The molecule has 1 aliphatic heterocycles. The Morgan fingerprint density at radius 1 is 0.957 bits per heavy atom. The van der Waals surface area contributed by atoms with Crippen molar-refractivity contribution in [2.45, 2.75) is 150 Å². The zero-order valence-corrected chi connectivity index (χ0v) is 29.6. The number of rotatable bonds is 6. The molecule has 0 aromatic rings. The zero-order chi connectivity index (χ0) is 34.4. The average Bonchev–Trinajstić information content (AvgIpc) is 3.36. The molecule has 8 nitrogen and oxygen atoms in total. The Morgan fingerprint density at radius 2 is 1.57 bits per heavy atom. The van der Waals surface area contributed by atoms with Crippen LogP contribution in [0.5, 0.6) is 0 Å². The van der Waals surface area contributed by atoms with Crippen molar-refractivity contribution in [2.24, 2.45) is 56.7 Å². The molecule has 0 bridgehead atoms. The number of aliphatic hydroxyl groups is 1. The number of hydrogen-bond donors (Lipinski definition) is 2. The molecule has 2 N–H and O–H groups in total. The van der Waals surface area contributed by atoms with E-state index < -0.39 is 36.0 Å². The normalized spacial score (nSPS) is 47.1. The van der Waals surface area contributed by atoms with Gasteiger partial charge in [0.05, 0.1) is 17.8 Å². The smallest absolute Gasteiger partial charge is 0.317 e. The predicted molar refractivity (Wildman–Crippen MR) is 173 cm³/mol. The number of terminal acetylenes is 1. The highest BCUT2D eigenvalue weighted by atomic mass is 16.6. The zero-order valence-electron chi connectivity index (χ0n) is 29.6. The van der Waals surface area contributed by atoms with E-state index in [1.807, 2.05) is 0 Å². The van der Waals surface area contributed by atoms with Crippen molar-refractivity contribution in [1.82, 2.24) is 0 Å². The Kier molecular flexibility index (Phi) is 8.59. The van der Waals surface area contributed by atoms with Gasteiger partial charge in [-0.1, -0.05) is 41.5 Å². The number of carbonyl (C=O) groups excluding carboxylic acids is 2. The van der Waals surface area contributed by atoms with Gasteiger partial charge in [0, 0.05) is 12.3 Å². The van der Waals surface area contributed by atoms with E-state index in [9.17, 15) is 19.5 Å². The highest BCUT2D eigenvalue weighted by Gasteiger charge is 2.86. The fraction of sp³-hybridized carbons (Fsp3) is 0.868. The molecule has 8 heteroatoms. The maximum absolute atomic E-state index is 12.4. The Labute approximate surface area is 276 Å². The van der Waals surface area contributed by atoms with Crippen molar-refractivity contribution in [1.29, 1.82) is 0 Å². The molecule has 6 rings (SSSR count). The van der Waals surface area contributed by atoms with E-state index in [1.54, 1.807) is 13.8 Å². The van der Waals surface area contributed by atoms with Crippen LogP contribution in [0.25, 0.3) is 0 Å². The number of fused-ring (bicyclic) bond motifs is 4. The molecule has 0 radical (unpaired) electrons. The molecule has 1 saturated heterocycles. The molecular weight excluding hydrogens is 584 g/mol. The van der Waals surface area contributed by atoms with Crippen molar-refractivity contribution in [3.05, 3.63) is 0 Å². The Morgan fingerprint density at radius 3 is 2.15 bits per heavy atom. The van der Waals surface area contributed by atoms with Gasteiger partial charge in [0.2, 0.25) is 0 Å². The van der Waals surface area contributed by atoms with Gasteiger partial charge in [-0.25, -0.2) is 0 Å². The highest BCUT2D eigenvalue weighted by Crippen LogP contribution is 2.91. The third-order valence-corrected chi connectivity index (χ3v) is 15.2. The van der Waals surface area contributed by atoms with Gasteiger partial charge in [0.15, 0.2) is 6.10 Å². The summed E-state index contributed by atoms with van der Waals surface area (Å²) in [4.78, 5) is 35.6. The van der Waals surface area contributed by atoms with Gasteiger partial charge in [-0.2, -0.15) is 0 Å². The molecule has 0 aromatic carbocycles. The molecule has 1 heterocycles. The van der Waals surface area contributed by atoms with E-state index in [0.29, 0.717) is 29.6 Å². The molecule has 5 aliphatic carbocycles. The van der Waals surface area contributed by atoms with E-state index in [2.05, 4.69) is 54.4 Å². The number of carboxylic acids is 1. The van der Waals surface area contributed by atoms with Gasteiger partial charge < -0.3 is 24.4 Å². The molecular formula is C38H58O8. The van der Waals surface area contributed by atoms with Gasteiger partial charge in [-0.3, -0.25) is 14.4 Å². The molecule has 6 aliphatic rings. The lowest BCUT2D eigenvalue weighted by molar-refractivity contribution is -0.209. The third kappa shape index (κ3) is 4.64. The fourth-order valence-corrected chi connectivity index (χ4v) is 13.6. The molecule has 2 spiro atoms. The number of ether oxygens (including phenoxy) is 3. The Hall–Kier alpha value is -2.11. The summed E-state index contributed by atoms with van der Waals surface area (Å²) in [6.45, 7) is 19.3. The Balaban J connectivity index is 0.00000204. The first kappa shape index (κ1) is 35.2. The first-order valence-electron chi connectivity index (χ1n) is 17.6. The van der Waals surface area contributed by atoms with Gasteiger partial charge in [-0.15, -0.1) is 12.8 Å². The topological polar surface area (TPSA) is 119 Å². The summed E-state index contributed by atoms with van der Waals surface area (Å²) in [5, 5.41) is 20.1.